The molecule has 2 aliphatic rings. The third-order valence-electron chi connectivity index (χ3n) is 6.33. The van der Waals surface area contributed by atoms with E-state index >= 15 is 0 Å². The van der Waals surface area contributed by atoms with Gasteiger partial charge in [-0.1, -0.05) is 36.4 Å². The molecule has 3 heterocycles. The Kier molecular flexibility index (Phi) is 5.77. The van der Waals surface area contributed by atoms with Crippen LogP contribution in [0, 0.1) is 12.3 Å². The molecule has 2 fully saturated rings. The van der Waals surface area contributed by atoms with E-state index in [9.17, 15) is 4.79 Å². The van der Waals surface area contributed by atoms with Gasteiger partial charge in [-0.25, -0.2) is 0 Å². The van der Waals surface area contributed by atoms with Gasteiger partial charge in [-0.2, -0.15) is 0 Å². The molecule has 148 valence electrons. The van der Waals surface area contributed by atoms with Gasteiger partial charge in [0, 0.05) is 31.9 Å². The van der Waals surface area contributed by atoms with E-state index in [0.29, 0.717) is 5.91 Å². The maximum absolute atomic E-state index is 13.3. The summed E-state index contributed by atoms with van der Waals surface area (Å²) < 4.78 is 0. The van der Waals surface area contributed by atoms with Crippen LogP contribution < -0.4 is 0 Å². The second kappa shape index (κ2) is 8.44. The Bertz CT molecular complexity index is 807. The Balaban J connectivity index is 1.33. The lowest BCUT2D eigenvalue weighted by atomic mass is 9.78. The predicted molar refractivity (Wildman–Crippen MR) is 112 cm³/mol. The molecule has 4 heteroatoms. The molecule has 0 saturated carbocycles. The molecule has 2 saturated heterocycles. The fraction of sp³-hybridized carbons (Fsp3) is 0.500. The van der Waals surface area contributed by atoms with E-state index in [-0.39, 0.29) is 5.41 Å². The first-order valence-corrected chi connectivity index (χ1v) is 10.6. The standard InChI is InChI=1S/C24H31N3O/c1-20-8-5-12-22(25-20)18-26-17-14-24(19-26)13-7-16-27(23(24)28)15-6-11-21-9-3-2-4-10-21/h2-5,8-10,12H,6-7,11,13-19H2,1H3/t24-/m1/s1. The Morgan fingerprint density at radius 2 is 1.89 bits per heavy atom. The molecule has 0 radical (unpaired) electrons. The largest absolute Gasteiger partial charge is 0.342 e. The van der Waals surface area contributed by atoms with Crippen molar-refractivity contribution in [2.75, 3.05) is 26.2 Å². The van der Waals surface area contributed by atoms with Crippen molar-refractivity contribution in [3.05, 3.63) is 65.5 Å². The summed E-state index contributed by atoms with van der Waals surface area (Å²) in [6.07, 6.45) is 5.25. The Morgan fingerprint density at radius 3 is 2.71 bits per heavy atom. The van der Waals surface area contributed by atoms with Crippen LogP contribution in [0.2, 0.25) is 0 Å². The number of rotatable bonds is 6. The number of likely N-dealkylation sites (tertiary alicyclic amines) is 2. The van der Waals surface area contributed by atoms with E-state index in [1.165, 1.54) is 5.56 Å². The van der Waals surface area contributed by atoms with Crippen LogP contribution >= 0.6 is 0 Å². The Hall–Kier alpha value is -2.20. The fourth-order valence-electron chi connectivity index (χ4n) is 4.87. The Morgan fingerprint density at radius 1 is 1.04 bits per heavy atom. The maximum Gasteiger partial charge on any atom is 0.230 e. The van der Waals surface area contributed by atoms with Gasteiger partial charge < -0.3 is 4.90 Å². The highest BCUT2D eigenvalue weighted by molar-refractivity contribution is 5.84. The second-order valence-electron chi connectivity index (χ2n) is 8.50. The average Bonchev–Trinajstić information content (AvgIpc) is 3.09. The highest BCUT2D eigenvalue weighted by Crippen LogP contribution is 2.40. The summed E-state index contributed by atoms with van der Waals surface area (Å²) in [7, 11) is 0. The first-order valence-electron chi connectivity index (χ1n) is 10.6. The molecule has 0 N–H and O–H groups in total. The molecule has 1 atom stereocenters. The van der Waals surface area contributed by atoms with Crippen molar-refractivity contribution in [2.24, 2.45) is 5.41 Å². The topological polar surface area (TPSA) is 36.4 Å². The second-order valence-corrected chi connectivity index (χ2v) is 8.50. The molecule has 1 amide bonds. The molecule has 28 heavy (non-hydrogen) atoms. The molecular weight excluding hydrogens is 346 g/mol. The quantitative estimate of drug-likeness (QED) is 0.767. The minimum absolute atomic E-state index is 0.158. The van der Waals surface area contributed by atoms with Gasteiger partial charge in [-0.3, -0.25) is 14.7 Å². The molecule has 2 aliphatic heterocycles. The van der Waals surface area contributed by atoms with Gasteiger partial charge in [0.2, 0.25) is 5.91 Å². The van der Waals surface area contributed by atoms with Crippen LogP contribution in [-0.4, -0.2) is 46.9 Å². The molecular formula is C24H31N3O. The number of carbonyl (C=O) groups excluding carboxylic acids is 1. The van der Waals surface area contributed by atoms with Gasteiger partial charge in [-0.15, -0.1) is 0 Å². The number of carbonyl (C=O) groups is 1. The lowest BCUT2D eigenvalue weighted by molar-refractivity contribution is -0.145. The summed E-state index contributed by atoms with van der Waals surface area (Å²) in [6.45, 7) is 6.58. The minimum Gasteiger partial charge on any atom is -0.342 e. The van der Waals surface area contributed by atoms with Crippen LogP contribution in [0.5, 0.6) is 0 Å². The number of nitrogens with zero attached hydrogens (tertiary/aromatic N) is 3. The highest BCUT2D eigenvalue weighted by Gasteiger charge is 2.48. The van der Waals surface area contributed by atoms with E-state index in [2.05, 4.69) is 57.2 Å². The van der Waals surface area contributed by atoms with Gasteiger partial charge in [-0.05, 0) is 63.3 Å². The van der Waals surface area contributed by atoms with E-state index in [4.69, 9.17) is 0 Å². The van der Waals surface area contributed by atoms with Crippen LogP contribution in [-0.2, 0) is 17.8 Å². The number of benzene rings is 1. The summed E-state index contributed by atoms with van der Waals surface area (Å²) in [6, 6.07) is 16.8. The van der Waals surface area contributed by atoms with Gasteiger partial charge in [0.1, 0.15) is 0 Å². The summed E-state index contributed by atoms with van der Waals surface area (Å²) in [4.78, 5) is 22.5. The molecule has 4 nitrogen and oxygen atoms in total. The van der Waals surface area contributed by atoms with Gasteiger partial charge >= 0.3 is 0 Å². The zero-order chi connectivity index (χ0) is 19.4. The van der Waals surface area contributed by atoms with Crippen molar-refractivity contribution in [1.29, 1.82) is 0 Å². The third kappa shape index (κ3) is 4.27. The highest BCUT2D eigenvalue weighted by atomic mass is 16.2. The Labute approximate surface area is 168 Å². The summed E-state index contributed by atoms with van der Waals surface area (Å²) in [5, 5.41) is 0. The molecule has 0 bridgehead atoms. The molecule has 0 aliphatic carbocycles. The number of hydrogen-bond donors (Lipinski definition) is 0. The zero-order valence-corrected chi connectivity index (χ0v) is 16.9. The lowest BCUT2D eigenvalue weighted by Crippen LogP contribution is -2.50. The lowest BCUT2D eigenvalue weighted by Gasteiger charge is -2.39. The van der Waals surface area contributed by atoms with Crippen LogP contribution in [0.4, 0.5) is 0 Å². The first-order chi connectivity index (χ1) is 13.6. The number of piperidine rings is 1. The monoisotopic (exact) mass is 377 g/mol. The number of pyridine rings is 1. The summed E-state index contributed by atoms with van der Waals surface area (Å²) >= 11 is 0. The van der Waals surface area contributed by atoms with Crippen molar-refractivity contribution >= 4 is 5.91 Å². The smallest absolute Gasteiger partial charge is 0.230 e. The molecule has 2 aromatic rings. The number of aromatic nitrogens is 1. The summed E-state index contributed by atoms with van der Waals surface area (Å²) in [5.74, 6) is 0.395. The normalized spacial score (nSPS) is 22.9. The third-order valence-corrected chi connectivity index (χ3v) is 6.33. The van der Waals surface area contributed by atoms with Gasteiger partial charge in [0.05, 0.1) is 11.1 Å². The van der Waals surface area contributed by atoms with Gasteiger partial charge in [0.15, 0.2) is 0 Å². The van der Waals surface area contributed by atoms with E-state index in [0.717, 1.165) is 76.2 Å². The van der Waals surface area contributed by atoms with E-state index < -0.39 is 0 Å². The summed E-state index contributed by atoms with van der Waals surface area (Å²) in [5.41, 5.74) is 3.37. The first kappa shape index (κ1) is 19.1. The molecule has 1 spiro atoms. The minimum atomic E-state index is -0.158. The number of hydrogen-bond acceptors (Lipinski definition) is 3. The number of aryl methyl sites for hydroxylation is 2. The van der Waals surface area contributed by atoms with Crippen molar-refractivity contribution < 1.29 is 4.79 Å². The molecule has 0 unspecified atom stereocenters. The predicted octanol–water partition coefficient (Wildman–Crippen LogP) is 3.84. The average molecular weight is 378 g/mol. The molecule has 4 rings (SSSR count). The van der Waals surface area contributed by atoms with Crippen LogP contribution in [0.1, 0.15) is 42.6 Å². The van der Waals surface area contributed by atoms with E-state index in [1.807, 2.05) is 13.0 Å². The van der Waals surface area contributed by atoms with Crippen LogP contribution in [0.15, 0.2) is 48.5 Å². The molecule has 1 aromatic heterocycles. The van der Waals surface area contributed by atoms with Crippen molar-refractivity contribution in [2.45, 2.75) is 45.6 Å². The fourth-order valence-corrected chi connectivity index (χ4v) is 4.87. The molecule has 1 aromatic carbocycles. The van der Waals surface area contributed by atoms with Crippen molar-refractivity contribution in [3.63, 3.8) is 0 Å². The van der Waals surface area contributed by atoms with Crippen molar-refractivity contribution in [3.8, 4) is 0 Å². The van der Waals surface area contributed by atoms with Crippen LogP contribution in [0.3, 0.4) is 0 Å². The van der Waals surface area contributed by atoms with E-state index in [1.54, 1.807) is 0 Å². The zero-order valence-electron chi connectivity index (χ0n) is 16.9. The van der Waals surface area contributed by atoms with Crippen molar-refractivity contribution in [1.82, 2.24) is 14.8 Å². The number of amides is 1. The maximum atomic E-state index is 13.3. The SMILES string of the molecule is Cc1cccc(CN2CC[C@]3(CCCN(CCCc4ccccc4)C3=O)C2)n1. The van der Waals surface area contributed by atoms with Gasteiger partial charge in [0.25, 0.3) is 0 Å². The van der Waals surface area contributed by atoms with Crippen LogP contribution in [0.25, 0.3) is 0 Å².